The Kier molecular flexibility index (Phi) is 4.91. The maximum Gasteiger partial charge on any atom is 0.419 e. The molecule has 1 N–H and O–H groups in total. The normalized spacial score (nSPS) is 13.4. The summed E-state index contributed by atoms with van der Waals surface area (Å²) in [6.45, 7) is 2.43. The maximum absolute atomic E-state index is 13.7. The van der Waals surface area contributed by atoms with Crippen LogP contribution in [-0.2, 0) is 6.18 Å². The van der Waals surface area contributed by atoms with Crippen molar-refractivity contribution in [1.82, 2.24) is 5.32 Å². The molecule has 0 spiro atoms. The molecule has 2 aromatic rings. The summed E-state index contributed by atoms with van der Waals surface area (Å²) in [4.78, 5) is 0.748. The van der Waals surface area contributed by atoms with E-state index in [0.29, 0.717) is 17.1 Å². The highest BCUT2D eigenvalue weighted by molar-refractivity contribution is 7.10. The molecule has 1 aromatic heterocycles. The zero-order valence-corrected chi connectivity index (χ0v) is 12.5. The van der Waals surface area contributed by atoms with Crippen LogP contribution in [0.25, 0.3) is 0 Å². The Balaban J connectivity index is 2.43. The first kappa shape index (κ1) is 16.3. The van der Waals surface area contributed by atoms with E-state index < -0.39 is 23.6 Å². The highest BCUT2D eigenvalue weighted by Crippen LogP contribution is 2.36. The number of benzene rings is 1. The van der Waals surface area contributed by atoms with Gasteiger partial charge < -0.3 is 5.32 Å². The number of hydrogen-bond acceptors (Lipinski definition) is 2. The van der Waals surface area contributed by atoms with Gasteiger partial charge in [-0.15, -0.1) is 11.3 Å². The van der Waals surface area contributed by atoms with Crippen LogP contribution in [0.15, 0.2) is 29.6 Å². The van der Waals surface area contributed by atoms with E-state index in [1.54, 1.807) is 11.4 Å². The van der Waals surface area contributed by atoms with Gasteiger partial charge in [-0.3, -0.25) is 0 Å². The molecule has 0 aliphatic rings. The summed E-state index contributed by atoms with van der Waals surface area (Å²) in [6, 6.07) is 4.21. The summed E-state index contributed by atoms with van der Waals surface area (Å²) >= 11 is 7.43. The molecule has 7 heteroatoms. The molecule has 0 aliphatic heterocycles. The molecule has 0 saturated carbocycles. The van der Waals surface area contributed by atoms with Crippen LogP contribution < -0.4 is 5.32 Å². The smallest absolute Gasteiger partial charge is 0.306 e. The predicted molar refractivity (Wildman–Crippen MR) is 76.3 cm³/mol. The van der Waals surface area contributed by atoms with Crippen molar-refractivity contribution < 1.29 is 17.6 Å². The third-order valence-electron chi connectivity index (χ3n) is 2.95. The molecule has 1 aromatic carbocycles. The fourth-order valence-electron chi connectivity index (χ4n) is 2.02. The molecule has 0 aliphatic carbocycles. The number of rotatable bonds is 4. The van der Waals surface area contributed by atoms with Gasteiger partial charge in [-0.1, -0.05) is 24.6 Å². The maximum atomic E-state index is 13.7. The second-order valence-electron chi connectivity index (χ2n) is 4.36. The van der Waals surface area contributed by atoms with Crippen molar-refractivity contribution in [2.45, 2.75) is 19.1 Å². The fourth-order valence-corrected chi connectivity index (χ4v) is 3.29. The summed E-state index contributed by atoms with van der Waals surface area (Å²) in [5.41, 5.74) is -0.856. The Morgan fingerprint density at radius 3 is 2.48 bits per heavy atom. The van der Waals surface area contributed by atoms with E-state index >= 15 is 0 Å². The van der Waals surface area contributed by atoms with Crippen LogP contribution in [0.2, 0.25) is 5.02 Å². The van der Waals surface area contributed by atoms with Gasteiger partial charge in [0.15, 0.2) is 0 Å². The molecule has 1 unspecified atom stereocenters. The van der Waals surface area contributed by atoms with Gasteiger partial charge in [0.25, 0.3) is 0 Å². The van der Waals surface area contributed by atoms with Crippen LogP contribution >= 0.6 is 22.9 Å². The van der Waals surface area contributed by atoms with Gasteiger partial charge in [-0.25, -0.2) is 4.39 Å². The van der Waals surface area contributed by atoms with Crippen molar-refractivity contribution in [1.29, 1.82) is 0 Å². The average Bonchev–Trinajstić information content (AvgIpc) is 2.80. The lowest BCUT2D eigenvalue weighted by molar-refractivity contribution is -0.140. The lowest BCUT2D eigenvalue weighted by atomic mass is 10.0. The topological polar surface area (TPSA) is 12.0 Å². The first-order valence-electron chi connectivity index (χ1n) is 6.17. The Bertz CT molecular complexity index is 624. The lowest BCUT2D eigenvalue weighted by Gasteiger charge is -2.19. The van der Waals surface area contributed by atoms with Crippen molar-refractivity contribution in [2.24, 2.45) is 0 Å². The van der Waals surface area contributed by atoms with Gasteiger partial charge >= 0.3 is 6.18 Å². The van der Waals surface area contributed by atoms with Gasteiger partial charge in [0, 0.05) is 4.88 Å². The van der Waals surface area contributed by atoms with Crippen molar-refractivity contribution in [3.63, 3.8) is 0 Å². The van der Waals surface area contributed by atoms with E-state index in [-0.39, 0.29) is 0 Å². The zero-order valence-electron chi connectivity index (χ0n) is 11.0. The number of alkyl halides is 3. The van der Waals surface area contributed by atoms with E-state index in [4.69, 9.17) is 11.6 Å². The molecule has 1 atom stereocenters. The Morgan fingerprint density at radius 2 is 2.00 bits per heavy atom. The largest absolute Gasteiger partial charge is 0.419 e. The molecule has 1 nitrogen and oxygen atoms in total. The summed E-state index contributed by atoms with van der Waals surface area (Å²) < 4.78 is 51.5. The van der Waals surface area contributed by atoms with Crippen molar-refractivity contribution in [2.75, 3.05) is 6.54 Å². The lowest BCUT2D eigenvalue weighted by Crippen LogP contribution is -2.22. The number of thiophene rings is 1. The molecule has 0 radical (unpaired) electrons. The number of halogens is 5. The molecule has 0 saturated heterocycles. The predicted octanol–water partition coefficient (Wildman–Crippen LogP) is 5.26. The highest BCUT2D eigenvalue weighted by Gasteiger charge is 2.34. The number of nitrogens with one attached hydrogen (secondary N) is 1. The standard InChI is InChI=1S/C14H12ClF4NS/c1-2-20-12(13-10(15)5-6-21-13)8-3-4-9(11(16)7-8)14(17,18)19/h3-7,12,20H,2H2,1H3. The SMILES string of the molecule is CCNC(c1ccc(C(F)(F)F)c(F)c1)c1sccc1Cl. The molecule has 2 rings (SSSR count). The van der Waals surface area contributed by atoms with Gasteiger partial charge in [0.2, 0.25) is 0 Å². The molecule has 0 amide bonds. The minimum atomic E-state index is -4.70. The molecular weight excluding hydrogens is 326 g/mol. The van der Waals surface area contributed by atoms with Crippen LogP contribution in [-0.4, -0.2) is 6.54 Å². The first-order chi connectivity index (χ1) is 9.84. The van der Waals surface area contributed by atoms with Crippen molar-refractivity contribution >= 4 is 22.9 Å². The molecule has 0 bridgehead atoms. The molecule has 1 heterocycles. The third kappa shape index (κ3) is 3.56. The van der Waals surface area contributed by atoms with Crippen LogP contribution in [0, 0.1) is 5.82 Å². The van der Waals surface area contributed by atoms with E-state index in [0.717, 1.165) is 17.0 Å². The van der Waals surface area contributed by atoms with Crippen LogP contribution in [0.3, 0.4) is 0 Å². The fraction of sp³-hybridized carbons (Fsp3) is 0.286. The summed E-state index contributed by atoms with van der Waals surface area (Å²) in [6.07, 6.45) is -4.70. The average molecular weight is 338 g/mol. The molecule has 0 fully saturated rings. The molecule has 21 heavy (non-hydrogen) atoms. The van der Waals surface area contributed by atoms with Crippen LogP contribution in [0.4, 0.5) is 17.6 Å². The van der Waals surface area contributed by atoms with Crippen molar-refractivity contribution in [3.05, 3.63) is 56.5 Å². The van der Waals surface area contributed by atoms with E-state index in [2.05, 4.69) is 5.32 Å². The highest BCUT2D eigenvalue weighted by atomic mass is 35.5. The van der Waals surface area contributed by atoms with E-state index in [9.17, 15) is 17.6 Å². The summed E-state index contributed by atoms with van der Waals surface area (Å²) in [5, 5.41) is 5.39. The van der Waals surface area contributed by atoms with Gasteiger partial charge in [-0.2, -0.15) is 13.2 Å². The minimum Gasteiger partial charge on any atom is -0.306 e. The zero-order chi connectivity index (χ0) is 15.6. The van der Waals surface area contributed by atoms with E-state index in [1.165, 1.54) is 17.4 Å². The monoisotopic (exact) mass is 337 g/mol. The summed E-state index contributed by atoms with van der Waals surface area (Å²) in [5.74, 6) is -1.28. The van der Waals surface area contributed by atoms with E-state index in [1.807, 2.05) is 6.92 Å². The first-order valence-corrected chi connectivity index (χ1v) is 7.43. The Hall–Kier alpha value is -1.11. The Morgan fingerprint density at radius 1 is 1.29 bits per heavy atom. The van der Waals surface area contributed by atoms with Gasteiger partial charge in [0.05, 0.1) is 16.6 Å². The third-order valence-corrected chi connectivity index (χ3v) is 4.37. The molecule has 114 valence electrons. The number of hydrogen-bond donors (Lipinski definition) is 1. The minimum absolute atomic E-state index is 0.409. The second-order valence-corrected chi connectivity index (χ2v) is 5.72. The van der Waals surface area contributed by atoms with Crippen LogP contribution in [0.1, 0.15) is 29.0 Å². The van der Waals surface area contributed by atoms with Gasteiger partial charge in [-0.05, 0) is 35.7 Å². The second kappa shape index (κ2) is 6.34. The van der Waals surface area contributed by atoms with Gasteiger partial charge in [0.1, 0.15) is 5.82 Å². The molecular formula is C14H12ClF4NS. The van der Waals surface area contributed by atoms with Crippen molar-refractivity contribution in [3.8, 4) is 0 Å². The Labute approximate surface area is 128 Å². The quantitative estimate of drug-likeness (QED) is 0.750. The van der Waals surface area contributed by atoms with Crippen LogP contribution in [0.5, 0.6) is 0 Å². The summed E-state index contributed by atoms with van der Waals surface area (Å²) in [7, 11) is 0.